The molecule has 1 N–H and O–H groups in total. The fourth-order valence-corrected chi connectivity index (χ4v) is 3.45. The standard InChI is InChI=1S/C21H25FN6O/c1-15-8-17(12-18(9-15)27-6-4-26(2)5-7-27)24-21-23-14-28(25-21)19-10-16(22)11-20(13-19)29-3/h8-14H,4-7H2,1-3H3,(H,24,25). The molecule has 0 bridgehead atoms. The zero-order chi connectivity index (χ0) is 20.4. The summed E-state index contributed by atoms with van der Waals surface area (Å²) in [5, 5.41) is 7.69. The van der Waals surface area contributed by atoms with Gasteiger partial charge in [0, 0.05) is 49.7 Å². The Morgan fingerprint density at radius 3 is 2.55 bits per heavy atom. The molecular weight excluding hydrogens is 371 g/mol. The molecule has 1 saturated heterocycles. The summed E-state index contributed by atoms with van der Waals surface area (Å²) < 4.78 is 20.4. The minimum Gasteiger partial charge on any atom is -0.497 e. The van der Waals surface area contributed by atoms with E-state index < -0.39 is 0 Å². The van der Waals surface area contributed by atoms with Gasteiger partial charge >= 0.3 is 0 Å². The van der Waals surface area contributed by atoms with Crippen LogP contribution in [0.5, 0.6) is 5.75 Å². The van der Waals surface area contributed by atoms with Crippen LogP contribution < -0.4 is 15.0 Å². The molecule has 1 aliphatic rings. The molecule has 0 spiro atoms. The topological polar surface area (TPSA) is 58.5 Å². The Balaban J connectivity index is 1.54. The van der Waals surface area contributed by atoms with Crippen LogP contribution in [0.3, 0.4) is 0 Å². The Morgan fingerprint density at radius 1 is 1.00 bits per heavy atom. The minimum absolute atomic E-state index is 0.389. The summed E-state index contributed by atoms with van der Waals surface area (Å²) in [5.41, 5.74) is 3.83. The van der Waals surface area contributed by atoms with Crippen molar-refractivity contribution in [2.45, 2.75) is 6.92 Å². The summed E-state index contributed by atoms with van der Waals surface area (Å²) in [6, 6.07) is 10.8. The Morgan fingerprint density at radius 2 is 1.79 bits per heavy atom. The molecule has 2 heterocycles. The molecule has 1 aliphatic heterocycles. The number of hydrogen-bond acceptors (Lipinski definition) is 6. The third kappa shape index (κ3) is 4.48. The predicted octanol–water partition coefficient (Wildman–Crippen LogP) is 3.22. The first kappa shape index (κ1) is 19.2. The second kappa shape index (κ2) is 8.08. The predicted molar refractivity (Wildman–Crippen MR) is 112 cm³/mol. The van der Waals surface area contributed by atoms with Gasteiger partial charge in [-0.1, -0.05) is 0 Å². The van der Waals surface area contributed by atoms with Crippen LogP contribution in [0.4, 0.5) is 21.7 Å². The number of anilines is 3. The van der Waals surface area contributed by atoms with Crippen molar-refractivity contribution < 1.29 is 9.13 Å². The lowest BCUT2D eigenvalue weighted by atomic mass is 10.1. The van der Waals surface area contributed by atoms with E-state index in [2.05, 4.69) is 57.4 Å². The molecule has 0 saturated carbocycles. The van der Waals surface area contributed by atoms with E-state index in [1.165, 1.54) is 35.2 Å². The Labute approximate surface area is 169 Å². The molecule has 2 aromatic carbocycles. The molecule has 0 radical (unpaired) electrons. The number of methoxy groups -OCH3 is 1. The van der Waals surface area contributed by atoms with Crippen LogP contribution in [0.15, 0.2) is 42.7 Å². The van der Waals surface area contributed by atoms with Gasteiger partial charge < -0.3 is 19.9 Å². The minimum atomic E-state index is -0.389. The zero-order valence-corrected chi connectivity index (χ0v) is 16.9. The maximum absolute atomic E-state index is 13.8. The van der Waals surface area contributed by atoms with E-state index in [9.17, 15) is 4.39 Å². The van der Waals surface area contributed by atoms with E-state index in [4.69, 9.17) is 4.74 Å². The molecule has 152 valence electrons. The van der Waals surface area contributed by atoms with Crippen molar-refractivity contribution >= 4 is 17.3 Å². The number of halogens is 1. The van der Waals surface area contributed by atoms with Crippen molar-refractivity contribution in [2.24, 2.45) is 0 Å². The van der Waals surface area contributed by atoms with Gasteiger partial charge in [-0.25, -0.2) is 9.07 Å². The van der Waals surface area contributed by atoms with E-state index in [-0.39, 0.29) is 5.82 Å². The molecular formula is C21H25FN6O. The van der Waals surface area contributed by atoms with Gasteiger partial charge in [-0.05, 0) is 43.8 Å². The first-order valence-electron chi connectivity index (χ1n) is 9.59. The molecule has 0 unspecified atom stereocenters. The maximum atomic E-state index is 13.8. The highest BCUT2D eigenvalue weighted by Gasteiger charge is 2.15. The Hall–Kier alpha value is -3.13. The average molecular weight is 396 g/mol. The normalized spacial score (nSPS) is 14.8. The third-order valence-corrected chi connectivity index (χ3v) is 5.03. The highest BCUT2D eigenvalue weighted by molar-refractivity contribution is 5.64. The summed E-state index contributed by atoms with van der Waals surface area (Å²) in [6.07, 6.45) is 1.55. The number of aromatic nitrogens is 3. The Kier molecular flexibility index (Phi) is 5.35. The number of likely N-dealkylation sites (N-methyl/N-ethyl adjacent to an activating group) is 1. The molecule has 8 heteroatoms. The summed E-state index contributed by atoms with van der Waals surface area (Å²) in [7, 11) is 3.65. The van der Waals surface area contributed by atoms with E-state index in [1.807, 2.05) is 0 Å². The van der Waals surface area contributed by atoms with Gasteiger partial charge in [0.2, 0.25) is 5.95 Å². The van der Waals surface area contributed by atoms with Gasteiger partial charge in [-0.15, -0.1) is 5.10 Å². The van der Waals surface area contributed by atoms with Crippen molar-refractivity contribution in [1.82, 2.24) is 19.7 Å². The van der Waals surface area contributed by atoms with Gasteiger partial charge in [0.1, 0.15) is 17.9 Å². The molecule has 3 aromatic rings. The zero-order valence-electron chi connectivity index (χ0n) is 16.9. The van der Waals surface area contributed by atoms with Crippen LogP contribution in [-0.4, -0.2) is 60.0 Å². The lowest BCUT2D eigenvalue weighted by Crippen LogP contribution is -2.44. The van der Waals surface area contributed by atoms with E-state index in [0.717, 1.165) is 31.9 Å². The number of benzene rings is 2. The number of nitrogens with one attached hydrogen (secondary N) is 1. The number of ether oxygens (including phenoxy) is 1. The molecule has 4 rings (SSSR count). The SMILES string of the molecule is COc1cc(F)cc(-n2cnc(Nc3cc(C)cc(N4CCN(C)CC4)c3)n2)c1. The number of rotatable bonds is 5. The molecule has 0 aliphatic carbocycles. The molecule has 0 atom stereocenters. The lowest BCUT2D eigenvalue weighted by Gasteiger charge is -2.34. The average Bonchev–Trinajstić information content (AvgIpc) is 3.16. The summed E-state index contributed by atoms with van der Waals surface area (Å²) in [6.45, 7) is 6.21. The maximum Gasteiger partial charge on any atom is 0.246 e. The van der Waals surface area contributed by atoms with Crippen molar-refractivity contribution in [1.29, 1.82) is 0 Å². The summed E-state index contributed by atoms with van der Waals surface area (Å²) >= 11 is 0. The van der Waals surface area contributed by atoms with Crippen LogP contribution in [0, 0.1) is 12.7 Å². The van der Waals surface area contributed by atoms with Gasteiger partial charge in [-0.2, -0.15) is 4.98 Å². The van der Waals surface area contributed by atoms with Gasteiger partial charge in [0.05, 0.1) is 12.8 Å². The van der Waals surface area contributed by atoms with Crippen LogP contribution in [0.25, 0.3) is 5.69 Å². The van der Waals surface area contributed by atoms with Gasteiger partial charge in [0.25, 0.3) is 0 Å². The highest BCUT2D eigenvalue weighted by Crippen LogP contribution is 2.25. The highest BCUT2D eigenvalue weighted by atomic mass is 19.1. The van der Waals surface area contributed by atoms with Crippen LogP contribution in [-0.2, 0) is 0 Å². The molecule has 29 heavy (non-hydrogen) atoms. The number of nitrogens with zero attached hydrogens (tertiary/aromatic N) is 5. The van der Waals surface area contributed by atoms with E-state index in [0.29, 0.717) is 17.4 Å². The first-order chi connectivity index (χ1) is 14.0. The van der Waals surface area contributed by atoms with Crippen molar-refractivity contribution in [2.75, 3.05) is 50.6 Å². The quantitative estimate of drug-likeness (QED) is 0.715. The second-order valence-electron chi connectivity index (χ2n) is 7.33. The largest absolute Gasteiger partial charge is 0.497 e. The first-order valence-corrected chi connectivity index (χ1v) is 9.59. The van der Waals surface area contributed by atoms with Crippen LogP contribution in [0.1, 0.15) is 5.56 Å². The second-order valence-corrected chi connectivity index (χ2v) is 7.33. The van der Waals surface area contributed by atoms with Crippen molar-refractivity contribution in [3.8, 4) is 11.4 Å². The summed E-state index contributed by atoms with van der Waals surface area (Å²) in [5.74, 6) is 0.489. The number of aryl methyl sites for hydroxylation is 1. The third-order valence-electron chi connectivity index (χ3n) is 5.03. The fraction of sp³-hybridized carbons (Fsp3) is 0.333. The smallest absolute Gasteiger partial charge is 0.246 e. The van der Waals surface area contributed by atoms with Crippen LogP contribution in [0.2, 0.25) is 0 Å². The molecule has 1 aromatic heterocycles. The van der Waals surface area contributed by atoms with Gasteiger partial charge in [0.15, 0.2) is 0 Å². The Bertz CT molecular complexity index is 997. The van der Waals surface area contributed by atoms with Crippen molar-refractivity contribution in [3.63, 3.8) is 0 Å². The van der Waals surface area contributed by atoms with Crippen molar-refractivity contribution in [3.05, 3.63) is 54.1 Å². The number of piperazine rings is 1. The van der Waals surface area contributed by atoms with E-state index in [1.54, 1.807) is 12.4 Å². The van der Waals surface area contributed by atoms with Crippen LogP contribution >= 0.6 is 0 Å². The van der Waals surface area contributed by atoms with Gasteiger partial charge in [-0.3, -0.25) is 0 Å². The lowest BCUT2D eigenvalue weighted by molar-refractivity contribution is 0.313. The molecule has 1 fully saturated rings. The summed E-state index contributed by atoms with van der Waals surface area (Å²) in [4.78, 5) is 9.04. The number of hydrogen-bond donors (Lipinski definition) is 1. The fourth-order valence-electron chi connectivity index (χ4n) is 3.45. The molecule has 7 nitrogen and oxygen atoms in total. The molecule has 0 amide bonds. The monoisotopic (exact) mass is 396 g/mol. The van der Waals surface area contributed by atoms with E-state index >= 15 is 0 Å².